The van der Waals surface area contributed by atoms with Gasteiger partial charge in [0.1, 0.15) is 6.29 Å². The normalized spacial score (nSPS) is 22.8. The summed E-state index contributed by atoms with van der Waals surface area (Å²) in [6, 6.07) is 9.32. The third kappa shape index (κ3) is 3.11. The summed E-state index contributed by atoms with van der Waals surface area (Å²) < 4.78 is 0. The van der Waals surface area contributed by atoms with Gasteiger partial charge in [0.05, 0.1) is 0 Å². The molecule has 1 fully saturated rings. The number of benzene rings is 1. The van der Waals surface area contributed by atoms with Crippen LogP contribution in [0, 0.1) is 11.8 Å². The van der Waals surface area contributed by atoms with Crippen LogP contribution in [0.2, 0.25) is 0 Å². The van der Waals surface area contributed by atoms with E-state index in [1.54, 1.807) is 0 Å². The Kier molecular flexibility index (Phi) is 4.50. The number of rotatable bonds is 4. The van der Waals surface area contributed by atoms with Crippen molar-refractivity contribution in [1.82, 2.24) is 4.90 Å². The first-order valence-electron chi connectivity index (χ1n) is 6.66. The molecule has 0 aromatic heterocycles. The van der Waals surface area contributed by atoms with Crippen LogP contribution >= 0.6 is 0 Å². The van der Waals surface area contributed by atoms with E-state index in [-0.39, 0.29) is 11.8 Å². The Morgan fingerprint density at radius 1 is 1.37 bits per heavy atom. The van der Waals surface area contributed by atoms with Gasteiger partial charge in [-0.3, -0.25) is 4.79 Å². The van der Waals surface area contributed by atoms with Gasteiger partial charge in [0.15, 0.2) is 0 Å². The highest BCUT2D eigenvalue weighted by atomic mass is 16.2. The van der Waals surface area contributed by atoms with E-state index in [1.807, 2.05) is 41.3 Å². The average Bonchev–Trinajstić information content (AvgIpc) is 2.48. The molecule has 1 heterocycles. The fourth-order valence-electron chi connectivity index (χ4n) is 2.66. The lowest BCUT2D eigenvalue weighted by Gasteiger charge is -2.36. The van der Waals surface area contributed by atoms with Gasteiger partial charge in [-0.1, -0.05) is 24.3 Å². The number of piperidine rings is 1. The van der Waals surface area contributed by atoms with Crippen LogP contribution in [0.1, 0.15) is 23.2 Å². The van der Waals surface area contributed by atoms with Gasteiger partial charge < -0.3 is 9.69 Å². The van der Waals surface area contributed by atoms with Crippen LogP contribution in [0.15, 0.2) is 43.0 Å². The molecule has 0 saturated carbocycles. The summed E-state index contributed by atoms with van der Waals surface area (Å²) in [5.74, 6) is 0.610. The largest absolute Gasteiger partial charge is 0.338 e. The molecule has 1 saturated heterocycles. The van der Waals surface area contributed by atoms with Crippen molar-refractivity contribution in [1.29, 1.82) is 0 Å². The number of hydrogen-bond acceptors (Lipinski definition) is 2. The molecule has 1 aliphatic heterocycles. The molecule has 3 nitrogen and oxygen atoms in total. The number of hydrogen-bond donors (Lipinski definition) is 0. The summed E-state index contributed by atoms with van der Waals surface area (Å²) in [5, 5.41) is 0. The van der Waals surface area contributed by atoms with Crippen molar-refractivity contribution < 1.29 is 9.59 Å². The van der Waals surface area contributed by atoms with E-state index < -0.39 is 0 Å². The van der Waals surface area contributed by atoms with Gasteiger partial charge in [-0.25, -0.2) is 0 Å². The van der Waals surface area contributed by atoms with Crippen molar-refractivity contribution in [2.45, 2.75) is 12.8 Å². The van der Waals surface area contributed by atoms with Crippen LogP contribution in [-0.4, -0.2) is 30.2 Å². The molecule has 100 valence electrons. The Bertz CT molecular complexity index is 455. The van der Waals surface area contributed by atoms with E-state index >= 15 is 0 Å². The number of carbonyl (C=O) groups excluding carboxylic acids is 2. The summed E-state index contributed by atoms with van der Waals surface area (Å²) >= 11 is 0. The van der Waals surface area contributed by atoms with Crippen molar-refractivity contribution >= 4 is 12.2 Å². The zero-order chi connectivity index (χ0) is 13.7. The average molecular weight is 257 g/mol. The third-order valence-electron chi connectivity index (χ3n) is 3.82. The fourth-order valence-corrected chi connectivity index (χ4v) is 2.66. The Morgan fingerprint density at radius 3 is 2.74 bits per heavy atom. The van der Waals surface area contributed by atoms with Crippen molar-refractivity contribution in [3.8, 4) is 0 Å². The Balaban J connectivity index is 2.05. The maximum absolute atomic E-state index is 12.3. The molecule has 0 N–H and O–H groups in total. The molecule has 3 heteroatoms. The molecule has 2 rings (SSSR count). The van der Waals surface area contributed by atoms with Crippen molar-refractivity contribution in [3.05, 3.63) is 48.6 Å². The van der Waals surface area contributed by atoms with Crippen LogP contribution in [-0.2, 0) is 4.79 Å². The molecule has 1 aromatic carbocycles. The summed E-state index contributed by atoms with van der Waals surface area (Å²) in [6.07, 6.45) is 4.27. The van der Waals surface area contributed by atoms with E-state index in [0.717, 1.165) is 24.8 Å². The number of likely N-dealkylation sites (tertiary alicyclic amines) is 1. The lowest BCUT2D eigenvalue weighted by atomic mass is 9.83. The highest BCUT2D eigenvalue weighted by molar-refractivity contribution is 5.94. The van der Waals surface area contributed by atoms with Crippen LogP contribution in [0.25, 0.3) is 0 Å². The molecular weight excluding hydrogens is 238 g/mol. The van der Waals surface area contributed by atoms with Gasteiger partial charge in [0, 0.05) is 25.1 Å². The molecule has 1 aromatic rings. The Morgan fingerprint density at radius 2 is 2.11 bits per heavy atom. The molecular formula is C16H19NO2. The number of aldehydes is 1. The Hall–Kier alpha value is -1.90. The van der Waals surface area contributed by atoms with Gasteiger partial charge in [0.25, 0.3) is 5.91 Å². The monoisotopic (exact) mass is 257 g/mol. The highest BCUT2D eigenvalue weighted by Crippen LogP contribution is 2.27. The molecule has 0 aliphatic carbocycles. The lowest BCUT2D eigenvalue weighted by Crippen LogP contribution is -2.43. The van der Waals surface area contributed by atoms with Crippen molar-refractivity contribution in [3.63, 3.8) is 0 Å². The molecule has 0 spiro atoms. The van der Waals surface area contributed by atoms with Crippen LogP contribution < -0.4 is 0 Å². The second-order valence-corrected chi connectivity index (χ2v) is 4.97. The summed E-state index contributed by atoms with van der Waals surface area (Å²) in [7, 11) is 0. The summed E-state index contributed by atoms with van der Waals surface area (Å²) in [4.78, 5) is 24.9. The van der Waals surface area contributed by atoms with E-state index in [9.17, 15) is 9.59 Å². The summed E-state index contributed by atoms with van der Waals surface area (Å²) in [6.45, 7) is 5.21. The third-order valence-corrected chi connectivity index (χ3v) is 3.82. The maximum atomic E-state index is 12.3. The van der Waals surface area contributed by atoms with Gasteiger partial charge in [-0.2, -0.15) is 0 Å². The first kappa shape index (κ1) is 13.5. The first-order chi connectivity index (χ1) is 9.26. The molecule has 19 heavy (non-hydrogen) atoms. The van der Waals surface area contributed by atoms with E-state index in [4.69, 9.17) is 0 Å². The van der Waals surface area contributed by atoms with Crippen molar-refractivity contribution in [2.24, 2.45) is 11.8 Å². The number of nitrogens with zero attached hydrogens (tertiary/aromatic N) is 1. The van der Waals surface area contributed by atoms with Crippen molar-refractivity contribution in [2.75, 3.05) is 13.1 Å². The highest BCUT2D eigenvalue weighted by Gasteiger charge is 2.29. The van der Waals surface area contributed by atoms with Gasteiger partial charge in [0.2, 0.25) is 0 Å². The first-order valence-corrected chi connectivity index (χ1v) is 6.66. The molecule has 1 amide bonds. The zero-order valence-corrected chi connectivity index (χ0v) is 11.0. The molecule has 0 radical (unpaired) electrons. The molecule has 2 unspecified atom stereocenters. The van der Waals surface area contributed by atoms with E-state index in [1.165, 1.54) is 0 Å². The minimum Gasteiger partial charge on any atom is -0.338 e. The quantitative estimate of drug-likeness (QED) is 0.614. The lowest BCUT2D eigenvalue weighted by molar-refractivity contribution is -0.109. The standard InChI is InChI=1S/C16H19NO2/c1-2-13-12-17(10-8-14(13)9-11-18)16(19)15-6-4-3-5-7-15/h2-7,11,13-14H,1,8-10,12H2. The predicted molar refractivity (Wildman–Crippen MR) is 74.8 cm³/mol. The summed E-state index contributed by atoms with van der Waals surface area (Å²) in [5.41, 5.74) is 0.721. The minimum atomic E-state index is 0.0667. The molecule has 2 atom stereocenters. The predicted octanol–water partition coefficient (Wildman–Crippen LogP) is 2.54. The van der Waals surface area contributed by atoms with Crippen LogP contribution in [0.3, 0.4) is 0 Å². The Labute approximate surface area is 113 Å². The zero-order valence-electron chi connectivity index (χ0n) is 11.0. The SMILES string of the molecule is C=CC1CN(C(=O)c2ccccc2)CCC1CC=O. The topological polar surface area (TPSA) is 37.4 Å². The van der Waals surface area contributed by atoms with Gasteiger partial charge in [-0.15, -0.1) is 6.58 Å². The maximum Gasteiger partial charge on any atom is 0.253 e. The van der Waals surface area contributed by atoms with Gasteiger partial charge >= 0.3 is 0 Å². The molecule has 0 bridgehead atoms. The second kappa shape index (κ2) is 6.32. The van der Waals surface area contributed by atoms with Gasteiger partial charge in [-0.05, 0) is 30.4 Å². The number of carbonyl (C=O) groups is 2. The minimum absolute atomic E-state index is 0.0667. The second-order valence-electron chi connectivity index (χ2n) is 4.97. The number of amides is 1. The van der Waals surface area contributed by atoms with E-state index in [2.05, 4.69) is 6.58 Å². The fraction of sp³-hybridized carbons (Fsp3) is 0.375. The van der Waals surface area contributed by atoms with Crippen LogP contribution in [0.4, 0.5) is 0 Å². The molecule has 1 aliphatic rings. The van der Waals surface area contributed by atoms with Crippen LogP contribution in [0.5, 0.6) is 0 Å². The smallest absolute Gasteiger partial charge is 0.253 e. The van der Waals surface area contributed by atoms with E-state index in [0.29, 0.717) is 18.9 Å².